The quantitative estimate of drug-likeness (QED) is 0.782. The Balaban J connectivity index is 2.09. The molecular formula is C15H14O2. The zero-order chi connectivity index (χ0) is 11.7. The molecule has 0 spiro atoms. The first-order valence-corrected chi connectivity index (χ1v) is 5.77. The standard InChI is InChI=1S/C15H14O2/c1-16-15-5-3-2-4-13(15)11-6-7-14-12(10-11)8-9-17-14/h2-7,10H,8-9H2,1H3. The van der Waals surface area contributed by atoms with Crippen molar-refractivity contribution in [2.75, 3.05) is 13.7 Å². The molecule has 0 saturated carbocycles. The first-order valence-electron chi connectivity index (χ1n) is 5.77. The zero-order valence-corrected chi connectivity index (χ0v) is 9.77. The van der Waals surface area contributed by atoms with E-state index in [9.17, 15) is 0 Å². The molecule has 1 aliphatic heterocycles. The third-order valence-electron chi connectivity index (χ3n) is 3.11. The van der Waals surface area contributed by atoms with Crippen molar-refractivity contribution in [3.8, 4) is 22.6 Å². The highest BCUT2D eigenvalue weighted by atomic mass is 16.5. The highest BCUT2D eigenvalue weighted by Crippen LogP contribution is 2.34. The molecule has 1 aliphatic rings. The molecule has 0 bridgehead atoms. The lowest BCUT2D eigenvalue weighted by molar-refractivity contribution is 0.357. The van der Waals surface area contributed by atoms with Crippen LogP contribution in [-0.4, -0.2) is 13.7 Å². The van der Waals surface area contributed by atoms with Crippen molar-refractivity contribution in [2.45, 2.75) is 6.42 Å². The fourth-order valence-electron chi connectivity index (χ4n) is 2.24. The number of methoxy groups -OCH3 is 1. The van der Waals surface area contributed by atoms with E-state index in [2.05, 4.69) is 18.2 Å². The molecule has 17 heavy (non-hydrogen) atoms. The van der Waals surface area contributed by atoms with Gasteiger partial charge in [0.25, 0.3) is 0 Å². The van der Waals surface area contributed by atoms with Crippen LogP contribution in [0, 0.1) is 0 Å². The average molecular weight is 226 g/mol. The van der Waals surface area contributed by atoms with E-state index in [1.165, 1.54) is 11.1 Å². The Hall–Kier alpha value is -1.96. The maximum absolute atomic E-state index is 5.51. The Morgan fingerprint density at radius 3 is 2.88 bits per heavy atom. The van der Waals surface area contributed by atoms with Crippen LogP contribution in [0.5, 0.6) is 11.5 Å². The molecule has 3 rings (SSSR count). The van der Waals surface area contributed by atoms with Crippen LogP contribution in [-0.2, 0) is 6.42 Å². The van der Waals surface area contributed by atoms with Crippen molar-refractivity contribution in [3.05, 3.63) is 48.0 Å². The second kappa shape index (κ2) is 4.13. The van der Waals surface area contributed by atoms with Crippen LogP contribution in [0.15, 0.2) is 42.5 Å². The lowest BCUT2D eigenvalue weighted by atomic mass is 10.0. The molecule has 1 heterocycles. The zero-order valence-electron chi connectivity index (χ0n) is 9.77. The minimum Gasteiger partial charge on any atom is -0.496 e. The summed E-state index contributed by atoms with van der Waals surface area (Å²) < 4.78 is 10.9. The van der Waals surface area contributed by atoms with Crippen molar-refractivity contribution in [1.82, 2.24) is 0 Å². The molecule has 2 aromatic rings. The van der Waals surface area contributed by atoms with Crippen molar-refractivity contribution in [2.24, 2.45) is 0 Å². The summed E-state index contributed by atoms with van der Waals surface area (Å²) in [5.74, 6) is 1.93. The van der Waals surface area contributed by atoms with Crippen LogP contribution >= 0.6 is 0 Å². The Bertz CT molecular complexity index is 546. The Labute approximate surface area is 101 Å². The van der Waals surface area contributed by atoms with Gasteiger partial charge in [-0.15, -0.1) is 0 Å². The predicted molar refractivity (Wildman–Crippen MR) is 67.6 cm³/mol. The molecule has 0 aromatic heterocycles. The topological polar surface area (TPSA) is 18.5 Å². The minimum absolute atomic E-state index is 0.796. The van der Waals surface area contributed by atoms with Gasteiger partial charge < -0.3 is 9.47 Å². The molecule has 0 N–H and O–H groups in total. The molecule has 2 nitrogen and oxygen atoms in total. The van der Waals surface area contributed by atoms with Gasteiger partial charge in [-0.05, 0) is 29.3 Å². The second-order valence-corrected chi connectivity index (χ2v) is 4.12. The number of ether oxygens (including phenoxy) is 2. The van der Waals surface area contributed by atoms with Crippen LogP contribution in [0.2, 0.25) is 0 Å². The second-order valence-electron chi connectivity index (χ2n) is 4.12. The number of rotatable bonds is 2. The van der Waals surface area contributed by atoms with Gasteiger partial charge in [0.1, 0.15) is 11.5 Å². The lowest BCUT2D eigenvalue weighted by Gasteiger charge is -2.09. The van der Waals surface area contributed by atoms with E-state index >= 15 is 0 Å². The van der Waals surface area contributed by atoms with Crippen LogP contribution < -0.4 is 9.47 Å². The van der Waals surface area contributed by atoms with Gasteiger partial charge in [-0.1, -0.05) is 24.3 Å². The molecule has 0 aliphatic carbocycles. The maximum Gasteiger partial charge on any atom is 0.126 e. The normalized spacial score (nSPS) is 13.0. The molecule has 86 valence electrons. The van der Waals surface area contributed by atoms with Crippen LogP contribution in [0.25, 0.3) is 11.1 Å². The average Bonchev–Trinajstić information content (AvgIpc) is 2.85. The van der Waals surface area contributed by atoms with E-state index in [1.54, 1.807) is 7.11 Å². The van der Waals surface area contributed by atoms with E-state index in [4.69, 9.17) is 9.47 Å². The summed E-state index contributed by atoms with van der Waals surface area (Å²) in [4.78, 5) is 0. The summed E-state index contributed by atoms with van der Waals surface area (Å²) >= 11 is 0. The summed E-state index contributed by atoms with van der Waals surface area (Å²) in [5.41, 5.74) is 3.60. The van der Waals surface area contributed by atoms with Gasteiger partial charge in [0.05, 0.1) is 13.7 Å². The summed E-state index contributed by atoms with van der Waals surface area (Å²) in [6.07, 6.45) is 0.998. The third-order valence-corrected chi connectivity index (χ3v) is 3.11. The Kier molecular flexibility index (Phi) is 2.48. The van der Waals surface area contributed by atoms with Crippen LogP contribution in [0.3, 0.4) is 0 Å². The lowest BCUT2D eigenvalue weighted by Crippen LogP contribution is -1.88. The maximum atomic E-state index is 5.51. The fourth-order valence-corrected chi connectivity index (χ4v) is 2.24. The van der Waals surface area contributed by atoms with Gasteiger partial charge in [-0.2, -0.15) is 0 Å². The molecule has 0 fully saturated rings. The monoisotopic (exact) mass is 226 g/mol. The number of hydrogen-bond acceptors (Lipinski definition) is 2. The van der Waals surface area contributed by atoms with E-state index in [-0.39, 0.29) is 0 Å². The molecule has 0 atom stereocenters. The molecular weight excluding hydrogens is 212 g/mol. The van der Waals surface area contributed by atoms with Crippen molar-refractivity contribution >= 4 is 0 Å². The van der Waals surface area contributed by atoms with Crippen molar-refractivity contribution < 1.29 is 9.47 Å². The van der Waals surface area contributed by atoms with Gasteiger partial charge in [-0.25, -0.2) is 0 Å². The van der Waals surface area contributed by atoms with E-state index in [1.807, 2.05) is 24.3 Å². The van der Waals surface area contributed by atoms with Gasteiger partial charge in [0.2, 0.25) is 0 Å². The number of hydrogen-bond donors (Lipinski definition) is 0. The van der Waals surface area contributed by atoms with Gasteiger partial charge in [-0.3, -0.25) is 0 Å². The SMILES string of the molecule is COc1ccccc1-c1ccc2c(c1)CCO2. The molecule has 2 aromatic carbocycles. The van der Waals surface area contributed by atoms with Crippen molar-refractivity contribution in [1.29, 1.82) is 0 Å². The fraction of sp³-hybridized carbons (Fsp3) is 0.200. The van der Waals surface area contributed by atoms with Crippen LogP contribution in [0.1, 0.15) is 5.56 Å². The summed E-state index contributed by atoms with van der Waals surface area (Å²) in [6.45, 7) is 0.796. The van der Waals surface area contributed by atoms with E-state index in [0.29, 0.717) is 0 Å². The van der Waals surface area contributed by atoms with Gasteiger partial charge in [0.15, 0.2) is 0 Å². The van der Waals surface area contributed by atoms with Gasteiger partial charge in [0, 0.05) is 12.0 Å². The molecule has 0 radical (unpaired) electrons. The van der Waals surface area contributed by atoms with Crippen LogP contribution in [0.4, 0.5) is 0 Å². The smallest absolute Gasteiger partial charge is 0.126 e. The molecule has 0 unspecified atom stereocenters. The summed E-state index contributed by atoms with van der Waals surface area (Å²) in [5, 5.41) is 0. The number of fused-ring (bicyclic) bond motifs is 1. The molecule has 2 heteroatoms. The Morgan fingerprint density at radius 2 is 2.00 bits per heavy atom. The number of benzene rings is 2. The molecule has 0 saturated heterocycles. The predicted octanol–water partition coefficient (Wildman–Crippen LogP) is 3.30. The van der Waals surface area contributed by atoms with E-state index in [0.717, 1.165) is 30.1 Å². The molecule has 0 amide bonds. The van der Waals surface area contributed by atoms with Gasteiger partial charge >= 0.3 is 0 Å². The highest BCUT2D eigenvalue weighted by Gasteiger charge is 2.13. The first-order chi connectivity index (χ1) is 8.38. The Morgan fingerprint density at radius 1 is 1.12 bits per heavy atom. The highest BCUT2D eigenvalue weighted by molar-refractivity contribution is 5.72. The van der Waals surface area contributed by atoms with Crippen molar-refractivity contribution in [3.63, 3.8) is 0 Å². The first kappa shape index (κ1) is 10.2. The minimum atomic E-state index is 0.796. The third kappa shape index (κ3) is 1.76. The number of para-hydroxylation sites is 1. The summed E-state index contributed by atoms with van der Waals surface area (Å²) in [6, 6.07) is 14.4. The summed E-state index contributed by atoms with van der Waals surface area (Å²) in [7, 11) is 1.70. The largest absolute Gasteiger partial charge is 0.496 e. The van der Waals surface area contributed by atoms with E-state index < -0.39 is 0 Å².